The predicted octanol–water partition coefficient (Wildman–Crippen LogP) is 3.69. The Morgan fingerprint density at radius 3 is 2.74 bits per heavy atom. The van der Waals surface area contributed by atoms with Crippen LogP contribution in [0.4, 0.5) is 0 Å². The Bertz CT molecular complexity index is 583. The molecular formula is C16H16BrNO. The second-order valence-corrected chi connectivity index (χ2v) is 5.63. The van der Waals surface area contributed by atoms with Gasteiger partial charge in [-0.3, -0.25) is 0 Å². The standard InChI is InChI=1S/C16H16BrNO/c1-18-15(11-5-3-2-4-6-11)14-10-13(17)9-12-7-8-19-16(12)14/h2-6,9-10,15,18H,7-8H2,1H3. The van der Waals surface area contributed by atoms with Crippen LogP contribution >= 0.6 is 15.9 Å². The van der Waals surface area contributed by atoms with Gasteiger partial charge in [0.05, 0.1) is 12.6 Å². The van der Waals surface area contributed by atoms with Crippen molar-refractivity contribution in [3.8, 4) is 5.75 Å². The maximum atomic E-state index is 5.83. The van der Waals surface area contributed by atoms with Crippen molar-refractivity contribution >= 4 is 15.9 Å². The van der Waals surface area contributed by atoms with E-state index in [2.05, 4.69) is 57.6 Å². The quantitative estimate of drug-likeness (QED) is 0.932. The summed E-state index contributed by atoms with van der Waals surface area (Å²) < 4.78 is 6.94. The van der Waals surface area contributed by atoms with Gasteiger partial charge in [0.2, 0.25) is 0 Å². The summed E-state index contributed by atoms with van der Waals surface area (Å²) in [4.78, 5) is 0. The van der Waals surface area contributed by atoms with E-state index in [1.54, 1.807) is 0 Å². The van der Waals surface area contributed by atoms with Crippen LogP contribution in [-0.2, 0) is 6.42 Å². The monoisotopic (exact) mass is 317 g/mol. The van der Waals surface area contributed by atoms with Crippen molar-refractivity contribution < 1.29 is 4.74 Å². The molecule has 0 spiro atoms. The van der Waals surface area contributed by atoms with Crippen LogP contribution in [0.3, 0.4) is 0 Å². The van der Waals surface area contributed by atoms with Crippen LogP contribution < -0.4 is 10.1 Å². The summed E-state index contributed by atoms with van der Waals surface area (Å²) in [5.41, 5.74) is 3.75. The average Bonchev–Trinajstić information content (AvgIpc) is 2.89. The molecule has 0 radical (unpaired) electrons. The highest BCUT2D eigenvalue weighted by Crippen LogP contribution is 2.38. The third-order valence-corrected chi connectivity index (χ3v) is 3.97. The molecule has 2 nitrogen and oxygen atoms in total. The first-order chi connectivity index (χ1) is 9.29. The molecule has 0 fully saturated rings. The zero-order valence-electron chi connectivity index (χ0n) is 10.8. The molecule has 0 saturated carbocycles. The van der Waals surface area contributed by atoms with Gasteiger partial charge in [0, 0.05) is 16.5 Å². The van der Waals surface area contributed by atoms with Gasteiger partial charge in [-0.1, -0.05) is 46.3 Å². The lowest BCUT2D eigenvalue weighted by atomic mass is 9.96. The second kappa shape index (κ2) is 5.35. The number of hydrogen-bond acceptors (Lipinski definition) is 2. The topological polar surface area (TPSA) is 21.3 Å². The van der Waals surface area contributed by atoms with Crippen molar-refractivity contribution in [3.63, 3.8) is 0 Å². The normalized spacial score (nSPS) is 14.8. The van der Waals surface area contributed by atoms with Crippen molar-refractivity contribution in [1.82, 2.24) is 5.32 Å². The molecule has 0 aromatic heterocycles. The van der Waals surface area contributed by atoms with Crippen LogP contribution in [-0.4, -0.2) is 13.7 Å². The molecule has 1 N–H and O–H groups in total. The van der Waals surface area contributed by atoms with E-state index in [4.69, 9.17) is 4.74 Å². The summed E-state index contributed by atoms with van der Waals surface area (Å²) in [6.45, 7) is 0.782. The highest BCUT2D eigenvalue weighted by molar-refractivity contribution is 9.10. The smallest absolute Gasteiger partial charge is 0.127 e. The van der Waals surface area contributed by atoms with E-state index < -0.39 is 0 Å². The summed E-state index contributed by atoms with van der Waals surface area (Å²) >= 11 is 3.60. The molecular weight excluding hydrogens is 302 g/mol. The van der Waals surface area contributed by atoms with Gasteiger partial charge in [-0.05, 0) is 30.3 Å². The number of fused-ring (bicyclic) bond motifs is 1. The van der Waals surface area contributed by atoms with E-state index in [1.165, 1.54) is 16.7 Å². The lowest BCUT2D eigenvalue weighted by Crippen LogP contribution is -2.18. The summed E-state index contributed by atoms with van der Waals surface area (Å²) in [5, 5.41) is 3.39. The van der Waals surface area contributed by atoms with Crippen molar-refractivity contribution in [1.29, 1.82) is 0 Å². The first-order valence-electron chi connectivity index (χ1n) is 6.47. The Balaban J connectivity index is 2.10. The molecule has 1 heterocycles. The number of nitrogens with one attached hydrogen (secondary N) is 1. The maximum absolute atomic E-state index is 5.83. The summed E-state index contributed by atoms with van der Waals surface area (Å²) in [6, 6.07) is 14.9. The molecule has 3 rings (SSSR count). The van der Waals surface area contributed by atoms with Crippen molar-refractivity contribution in [2.24, 2.45) is 0 Å². The third-order valence-electron chi connectivity index (χ3n) is 3.51. The van der Waals surface area contributed by atoms with Crippen LogP contribution in [0, 0.1) is 0 Å². The highest BCUT2D eigenvalue weighted by atomic mass is 79.9. The Morgan fingerprint density at radius 2 is 2.00 bits per heavy atom. The molecule has 0 saturated heterocycles. The number of halogens is 1. The van der Waals surface area contributed by atoms with Gasteiger partial charge in [-0.15, -0.1) is 0 Å². The van der Waals surface area contributed by atoms with E-state index in [9.17, 15) is 0 Å². The zero-order valence-corrected chi connectivity index (χ0v) is 12.4. The zero-order chi connectivity index (χ0) is 13.2. The van der Waals surface area contributed by atoms with Crippen LogP contribution in [0.15, 0.2) is 46.9 Å². The molecule has 0 bridgehead atoms. The molecule has 2 aromatic rings. The molecule has 2 aromatic carbocycles. The fraction of sp³-hybridized carbons (Fsp3) is 0.250. The molecule has 1 atom stereocenters. The van der Waals surface area contributed by atoms with Gasteiger partial charge in [0.1, 0.15) is 5.75 Å². The maximum Gasteiger partial charge on any atom is 0.127 e. The molecule has 98 valence electrons. The first-order valence-corrected chi connectivity index (χ1v) is 7.26. The van der Waals surface area contributed by atoms with E-state index >= 15 is 0 Å². The third kappa shape index (κ3) is 2.40. The summed E-state index contributed by atoms with van der Waals surface area (Å²) in [5.74, 6) is 1.05. The van der Waals surface area contributed by atoms with Crippen molar-refractivity contribution in [2.75, 3.05) is 13.7 Å². The average molecular weight is 318 g/mol. The van der Waals surface area contributed by atoms with E-state index in [0.29, 0.717) is 0 Å². The van der Waals surface area contributed by atoms with Crippen LogP contribution in [0.1, 0.15) is 22.7 Å². The second-order valence-electron chi connectivity index (χ2n) is 4.71. The van der Waals surface area contributed by atoms with Crippen LogP contribution in [0.5, 0.6) is 5.75 Å². The highest BCUT2D eigenvalue weighted by Gasteiger charge is 2.23. The van der Waals surface area contributed by atoms with Crippen LogP contribution in [0.25, 0.3) is 0 Å². The number of benzene rings is 2. The fourth-order valence-corrected chi connectivity index (χ4v) is 3.18. The molecule has 0 aliphatic carbocycles. The van der Waals surface area contributed by atoms with Crippen molar-refractivity contribution in [3.05, 3.63) is 63.6 Å². The number of rotatable bonds is 3. The van der Waals surface area contributed by atoms with E-state index in [-0.39, 0.29) is 6.04 Å². The largest absolute Gasteiger partial charge is 0.493 e. The van der Waals surface area contributed by atoms with E-state index in [0.717, 1.165) is 23.2 Å². The Kier molecular flexibility index (Phi) is 3.58. The van der Waals surface area contributed by atoms with Gasteiger partial charge in [-0.2, -0.15) is 0 Å². The molecule has 3 heteroatoms. The lowest BCUT2D eigenvalue weighted by Gasteiger charge is -2.20. The molecule has 1 aliphatic heterocycles. The van der Waals surface area contributed by atoms with Gasteiger partial charge < -0.3 is 10.1 Å². The first kappa shape index (κ1) is 12.7. The molecule has 19 heavy (non-hydrogen) atoms. The van der Waals surface area contributed by atoms with Crippen LogP contribution in [0.2, 0.25) is 0 Å². The Labute approximate surface area is 121 Å². The molecule has 0 amide bonds. The fourth-order valence-electron chi connectivity index (χ4n) is 2.66. The summed E-state index contributed by atoms with van der Waals surface area (Å²) in [6.07, 6.45) is 0.993. The predicted molar refractivity (Wildman–Crippen MR) is 80.7 cm³/mol. The molecule has 1 unspecified atom stereocenters. The van der Waals surface area contributed by atoms with Gasteiger partial charge in [-0.25, -0.2) is 0 Å². The minimum Gasteiger partial charge on any atom is -0.493 e. The molecule has 1 aliphatic rings. The lowest BCUT2D eigenvalue weighted by molar-refractivity contribution is 0.351. The number of ether oxygens (including phenoxy) is 1. The van der Waals surface area contributed by atoms with Crippen molar-refractivity contribution in [2.45, 2.75) is 12.5 Å². The van der Waals surface area contributed by atoms with Gasteiger partial charge in [0.15, 0.2) is 0 Å². The van der Waals surface area contributed by atoms with Gasteiger partial charge in [0.25, 0.3) is 0 Å². The Morgan fingerprint density at radius 1 is 1.21 bits per heavy atom. The number of hydrogen-bond donors (Lipinski definition) is 1. The SMILES string of the molecule is CNC(c1ccccc1)c1cc(Br)cc2c1OCC2. The Hall–Kier alpha value is -1.32. The minimum atomic E-state index is 0.158. The van der Waals surface area contributed by atoms with Gasteiger partial charge >= 0.3 is 0 Å². The summed E-state index contributed by atoms with van der Waals surface area (Å²) in [7, 11) is 1.99. The minimum absolute atomic E-state index is 0.158. The van der Waals surface area contributed by atoms with E-state index in [1.807, 2.05) is 13.1 Å².